The highest BCUT2D eigenvalue weighted by Gasteiger charge is 2.14. The van der Waals surface area contributed by atoms with E-state index >= 15 is 0 Å². The SMILES string of the molecule is [2H][13C]([2H])([2H])n1c(=O)c2c(ncn2Cc2ccccc2)n([13C]([2H])([2H])[2H])c1=O. The van der Waals surface area contributed by atoms with Crippen LogP contribution in [0.4, 0.5) is 0 Å². The van der Waals surface area contributed by atoms with Crippen LogP contribution >= 0.6 is 0 Å². The van der Waals surface area contributed by atoms with Crippen molar-refractivity contribution >= 4 is 11.2 Å². The van der Waals surface area contributed by atoms with Crippen LogP contribution in [-0.4, -0.2) is 18.7 Å². The van der Waals surface area contributed by atoms with Crippen molar-refractivity contribution < 1.29 is 8.22 Å². The molecule has 0 bridgehead atoms. The molecule has 20 heavy (non-hydrogen) atoms. The highest BCUT2D eigenvalue weighted by molar-refractivity contribution is 5.70. The first-order valence-corrected chi connectivity index (χ1v) is 5.79. The molecule has 1 aromatic carbocycles. The number of fused-ring (bicyclic) bond motifs is 1. The summed E-state index contributed by atoms with van der Waals surface area (Å²) < 4.78 is 46.5. The summed E-state index contributed by atoms with van der Waals surface area (Å²) in [7, 11) is 0. The van der Waals surface area contributed by atoms with Crippen LogP contribution in [0.15, 0.2) is 46.2 Å². The van der Waals surface area contributed by atoms with Gasteiger partial charge in [0.15, 0.2) is 11.2 Å². The molecule has 102 valence electrons. The zero-order valence-corrected chi connectivity index (χ0v) is 10.3. The normalized spacial score (nSPS) is 16.8. The highest BCUT2D eigenvalue weighted by Crippen LogP contribution is 2.09. The first-order valence-electron chi connectivity index (χ1n) is 8.79. The summed E-state index contributed by atoms with van der Waals surface area (Å²) in [4.78, 5) is 29.0. The molecule has 0 N–H and O–H groups in total. The Kier molecular flexibility index (Phi) is 1.62. The number of imidazole rings is 1. The first-order chi connectivity index (χ1) is 12.0. The van der Waals surface area contributed by atoms with E-state index in [9.17, 15) is 9.59 Å². The molecule has 0 unspecified atom stereocenters. The average Bonchev–Trinajstić information content (AvgIpc) is 2.89. The van der Waals surface area contributed by atoms with Gasteiger partial charge in [-0.1, -0.05) is 30.3 Å². The smallest absolute Gasteiger partial charge is 0.320 e. The molecule has 3 rings (SSSR count). The topological polar surface area (TPSA) is 61.8 Å². The molecule has 0 aliphatic rings. The number of hydrogen-bond donors (Lipinski definition) is 0. The van der Waals surface area contributed by atoms with Gasteiger partial charge in [0.05, 0.1) is 6.33 Å². The fraction of sp³-hybridized carbons (Fsp3) is 0.214. The third-order valence-corrected chi connectivity index (χ3v) is 3.01. The second-order valence-electron chi connectivity index (χ2n) is 4.29. The summed E-state index contributed by atoms with van der Waals surface area (Å²) in [5, 5.41) is 0. The lowest BCUT2D eigenvalue weighted by atomic mass is 10.2. The van der Waals surface area contributed by atoms with Gasteiger partial charge in [-0.05, 0) is 5.56 Å². The molecule has 0 fully saturated rings. The standard InChI is InChI=1S/C14H14N4O2/c1-16-12-11(13(19)17(2)14(16)20)18(9-15-12)8-10-6-4-3-5-7-10/h3-7,9H,8H2,1-2H3/i1+1D3,2+1D3. The summed E-state index contributed by atoms with van der Waals surface area (Å²) in [6, 6.07) is 8.95. The molecule has 0 atom stereocenters. The maximum absolute atomic E-state index is 12.7. The van der Waals surface area contributed by atoms with E-state index in [0.29, 0.717) is 0 Å². The van der Waals surface area contributed by atoms with Crippen molar-refractivity contribution in [1.82, 2.24) is 18.7 Å². The molecule has 0 aliphatic carbocycles. The highest BCUT2D eigenvalue weighted by atomic mass is 16.2. The van der Waals surface area contributed by atoms with Crippen molar-refractivity contribution in [2.24, 2.45) is 14.0 Å². The van der Waals surface area contributed by atoms with Crippen LogP contribution < -0.4 is 11.2 Å². The summed E-state index contributed by atoms with van der Waals surface area (Å²) in [5.74, 6) is 0. The molecule has 0 aliphatic heterocycles. The molecule has 3 aromatic rings. The minimum absolute atomic E-state index is 0.0229. The first kappa shape index (κ1) is 7.23. The number of nitrogens with zero attached hydrogens (tertiary/aromatic N) is 4. The number of hydrogen-bond acceptors (Lipinski definition) is 3. The van der Waals surface area contributed by atoms with Crippen LogP contribution in [0.5, 0.6) is 0 Å². The quantitative estimate of drug-likeness (QED) is 0.641. The Labute approximate surface area is 123 Å². The van der Waals surface area contributed by atoms with Gasteiger partial charge in [-0.2, -0.15) is 0 Å². The van der Waals surface area contributed by atoms with Gasteiger partial charge < -0.3 is 4.57 Å². The van der Waals surface area contributed by atoms with Crippen molar-refractivity contribution in [2.45, 2.75) is 6.54 Å². The molecule has 2 aromatic heterocycles. The van der Waals surface area contributed by atoms with Gasteiger partial charge in [0.1, 0.15) is 0 Å². The summed E-state index contributed by atoms with van der Waals surface area (Å²) in [5.41, 5.74) is -2.42. The molecule has 6 nitrogen and oxygen atoms in total. The van der Waals surface area contributed by atoms with Gasteiger partial charge in [0.25, 0.3) is 5.56 Å². The number of benzene rings is 1. The van der Waals surface area contributed by atoms with E-state index in [1.807, 2.05) is 6.07 Å². The molecule has 6 heteroatoms. The van der Waals surface area contributed by atoms with Gasteiger partial charge in [-0.25, -0.2) is 9.78 Å². The zero-order chi connectivity index (χ0) is 19.3. The van der Waals surface area contributed by atoms with Crippen LogP contribution in [-0.2, 0) is 20.5 Å². The summed E-state index contributed by atoms with van der Waals surface area (Å²) in [6.07, 6.45) is 1.21. The van der Waals surface area contributed by atoms with Crippen molar-refractivity contribution in [3.05, 3.63) is 63.1 Å². The van der Waals surface area contributed by atoms with Crippen LogP contribution in [0.2, 0.25) is 0 Å². The van der Waals surface area contributed by atoms with Gasteiger partial charge in [-0.3, -0.25) is 13.9 Å². The predicted molar refractivity (Wildman–Crippen MR) is 75.8 cm³/mol. The van der Waals surface area contributed by atoms with E-state index in [-0.39, 0.29) is 26.8 Å². The van der Waals surface area contributed by atoms with Crippen molar-refractivity contribution in [3.8, 4) is 0 Å². The molecule has 0 saturated carbocycles. The Morgan fingerprint density at radius 3 is 2.60 bits per heavy atom. The molecular weight excluding hydrogens is 258 g/mol. The Hall–Kier alpha value is -2.63. The lowest BCUT2D eigenvalue weighted by Crippen LogP contribution is -2.37. The Balaban J connectivity index is 2.39. The largest absolute Gasteiger partial charge is 0.332 e. The van der Waals surface area contributed by atoms with Crippen molar-refractivity contribution in [3.63, 3.8) is 0 Å². The van der Waals surface area contributed by atoms with Crippen LogP contribution in [0.25, 0.3) is 11.2 Å². The maximum Gasteiger partial charge on any atom is 0.332 e. The third-order valence-electron chi connectivity index (χ3n) is 3.01. The molecule has 0 amide bonds. The van der Waals surface area contributed by atoms with Gasteiger partial charge in [-0.15, -0.1) is 0 Å². The minimum atomic E-state index is -3.13. The van der Waals surface area contributed by atoms with E-state index < -0.39 is 25.2 Å². The summed E-state index contributed by atoms with van der Waals surface area (Å²) >= 11 is 0. The average molecular weight is 278 g/mol. The molecule has 0 radical (unpaired) electrons. The zero-order valence-electron chi connectivity index (χ0n) is 16.3. The number of rotatable bonds is 2. The second kappa shape index (κ2) is 4.48. The fourth-order valence-corrected chi connectivity index (χ4v) is 2.04. The van der Waals surface area contributed by atoms with Crippen LogP contribution in [0.3, 0.4) is 0 Å². The molecule has 2 heterocycles. The van der Waals surface area contributed by atoms with Crippen molar-refractivity contribution in [1.29, 1.82) is 0 Å². The third kappa shape index (κ3) is 1.77. The lowest BCUT2D eigenvalue weighted by Gasteiger charge is -2.06. The van der Waals surface area contributed by atoms with E-state index in [1.165, 1.54) is 10.9 Å². The van der Waals surface area contributed by atoms with Gasteiger partial charge >= 0.3 is 5.69 Å². The molecule has 0 spiro atoms. The monoisotopic (exact) mass is 278 g/mol. The van der Waals surface area contributed by atoms with E-state index in [0.717, 1.165) is 5.56 Å². The Bertz CT molecular complexity index is 1080. The summed E-state index contributed by atoms with van der Waals surface area (Å²) in [6.45, 7) is -5.97. The maximum atomic E-state index is 12.7. The van der Waals surface area contributed by atoms with Crippen molar-refractivity contribution in [2.75, 3.05) is 0 Å². The number of aryl methyl sites for hydroxylation is 1. The molecule has 0 saturated heterocycles. The van der Waals surface area contributed by atoms with E-state index in [1.54, 1.807) is 24.3 Å². The predicted octanol–water partition coefficient (Wildman–Crippen LogP) is 0.482. The fourth-order valence-electron chi connectivity index (χ4n) is 2.04. The second-order valence-corrected chi connectivity index (χ2v) is 4.29. The minimum Gasteiger partial charge on any atom is -0.320 e. The Morgan fingerprint density at radius 1 is 1.15 bits per heavy atom. The van der Waals surface area contributed by atoms with Gasteiger partial charge in [0.2, 0.25) is 0 Å². The lowest BCUT2D eigenvalue weighted by molar-refractivity contribution is 0.702. The van der Waals surface area contributed by atoms with E-state index in [2.05, 4.69) is 4.98 Å². The Morgan fingerprint density at radius 2 is 1.90 bits per heavy atom. The molecular formula is C14H14N4O2. The number of aromatic nitrogens is 4. The van der Waals surface area contributed by atoms with Gasteiger partial charge in [0, 0.05) is 28.7 Å². The van der Waals surface area contributed by atoms with E-state index in [4.69, 9.17) is 8.22 Å². The van der Waals surface area contributed by atoms with Crippen LogP contribution in [0.1, 0.15) is 13.8 Å². The van der Waals surface area contributed by atoms with Crippen LogP contribution in [0, 0.1) is 0 Å².